The quantitative estimate of drug-likeness (QED) is 0.520. The van der Waals surface area contributed by atoms with Crippen LogP contribution in [0.3, 0.4) is 0 Å². The molecule has 5 nitrogen and oxygen atoms in total. The maximum Gasteiger partial charge on any atom is 0.271 e. The molecule has 1 N–H and O–H groups in total. The summed E-state index contributed by atoms with van der Waals surface area (Å²) in [5.74, 6) is -0.236. The van der Waals surface area contributed by atoms with E-state index in [0.29, 0.717) is 10.7 Å². The predicted molar refractivity (Wildman–Crippen MR) is 112 cm³/mol. The first kappa shape index (κ1) is 18.4. The van der Waals surface area contributed by atoms with E-state index in [-0.39, 0.29) is 11.9 Å². The lowest BCUT2D eigenvalue weighted by atomic mass is 9.98. The van der Waals surface area contributed by atoms with Crippen LogP contribution in [-0.2, 0) is 7.05 Å². The Kier molecular flexibility index (Phi) is 5.23. The molecule has 0 bridgehead atoms. The molecular formula is C21H17ClN4OS. The van der Waals surface area contributed by atoms with Crippen LogP contribution in [0.25, 0.3) is 10.6 Å². The highest BCUT2D eigenvalue weighted by Crippen LogP contribution is 2.26. The molecule has 0 saturated heterocycles. The molecule has 1 unspecified atom stereocenters. The molecule has 7 heteroatoms. The number of halogens is 1. The number of carbonyl (C=O) groups is 1. The van der Waals surface area contributed by atoms with Gasteiger partial charge in [-0.15, -0.1) is 11.3 Å². The molecule has 4 aromatic rings. The summed E-state index contributed by atoms with van der Waals surface area (Å²) in [7, 11) is 1.85. The van der Waals surface area contributed by atoms with E-state index in [9.17, 15) is 4.79 Å². The zero-order chi connectivity index (χ0) is 19.5. The molecule has 0 aliphatic rings. The molecular weight excluding hydrogens is 392 g/mol. The van der Waals surface area contributed by atoms with Crippen molar-refractivity contribution in [1.29, 1.82) is 0 Å². The second-order valence-electron chi connectivity index (χ2n) is 6.31. The summed E-state index contributed by atoms with van der Waals surface area (Å²) in [5.41, 5.74) is 3.16. The average molecular weight is 409 g/mol. The second kappa shape index (κ2) is 7.96. The zero-order valence-corrected chi connectivity index (χ0v) is 16.6. The van der Waals surface area contributed by atoms with Gasteiger partial charge >= 0.3 is 0 Å². The van der Waals surface area contributed by atoms with Crippen LogP contribution in [-0.4, -0.2) is 20.7 Å². The number of nitrogens with zero attached hydrogens (tertiary/aromatic N) is 3. The molecule has 0 spiro atoms. The minimum Gasteiger partial charge on any atom is -0.340 e. The van der Waals surface area contributed by atoms with Gasteiger partial charge in [0.2, 0.25) is 0 Å². The minimum absolute atomic E-state index is 0.236. The Labute approximate surface area is 171 Å². The van der Waals surface area contributed by atoms with Gasteiger partial charge in [0.25, 0.3) is 5.91 Å². The van der Waals surface area contributed by atoms with Crippen LogP contribution < -0.4 is 5.32 Å². The van der Waals surface area contributed by atoms with Crippen molar-refractivity contribution in [1.82, 2.24) is 20.1 Å². The van der Waals surface area contributed by atoms with Gasteiger partial charge in [-0.2, -0.15) is 5.10 Å². The Bertz CT molecular complexity index is 1110. The monoisotopic (exact) mass is 408 g/mol. The Morgan fingerprint density at radius 3 is 2.64 bits per heavy atom. The van der Waals surface area contributed by atoms with Crippen molar-refractivity contribution >= 4 is 28.8 Å². The third kappa shape index (κ3) is 3.98. The minimum atomic E-state index is -0.323. The molecule has 4 rings (SSSR count). The number of nitrogens with one attached hydrogen (secondary N) is 1. The maximum atomic E-state index is 12.9. The Balaban J connectivity index is 1.62. The molecule has 28 heavy (non-hydrogen) atoms. The van der Waals surface area contributed by atoms with Crippen LogP contribution >= 0.6 is 22.9 Å². The Morgan fingerprint density at radius 2 is 1.93 bits per heavy atom. The van der Waals surface area contributed by atoms with Crippen LogP contribution in [0, 0.1) is 0 Å². The van der Waals surface area contributed by atoms with E-state index >= 15 is 0 Å². The number of hydrogen-bond acceptors (Lipinski definition) is 4. The fourth-order valence-corrected chi connectivity index (χ4v) is 3.91. The van der Waals surface area contributed by atoms with Gasteiger partial charge in [0.05, 0.1) is 12.2 Å². The van der Waals surface area contributed by atoms with Crippen molar-refractivity contribution in [3.05, 3.63) is 94.2 Å². The summed E-state index contributed by atoms with van der Waals surface area (Å²) in [5, 5.41) is 10.4. The number of amides is 1. The number of benzene rings is 2. The van der Waals surface area contributed by atoms with E-state index in [4.69, 9.17) is 11.6 Å². The van der Waals surface area contributed by atoms with Crippen LogP contribution in [0.15, 0.2) is 72.4 Å². The van der Waals surface area contributed by atoms with Crippen molar-refractivity contribution in [2.45, 2.75) is 6.04 Å². The Hall–Kier alpha value is -2.96. The fraction of sp³-hybridized carbons (Fsp3) is 0.0952. The van der Waals surface area contributed by atoms with Crippen LogP contribution in [0.2, 0.25) is 5.02 Å². The van der Waals surface area contributed by atoms with Gasteiger partial charge in [-0.3, -0.25) is 9.48 Å². The molecule has 0 aliphatic heterocycles. The number of carbonyl (C=O) groups excluding carboxylic acids is 1. The summed E-state index contributed by atoms with van der Waals surface area (Å²) in [6, 6.07) is 17.0. The summed E-state index contributed by atoms with van der Waals surface area (Å²) >= 11 is 7.59. The van der Waals surface area contributed by atoms with Gasteiger partial charge in [0, 0.05) is 29.2 Å². The first-order valence-electron chi connectivity index (χ1n) is 8.66. The van der Waals surface area contributed by atoms with Gasteiger partial charge in [-0.05, 0) is 23.3 Å². The molecule has 1 atom stereocenters. The summed E-state index contributed by atoms with van der Waals surface area (Å²) < 4.78 is 1.71. The molecule has 140 valence electrons. The molecule has 1 amide bonds. The van der Waals surface area contributed by atoms with Gasteiger partial charge in [0.1, 0.15) is 10.7 Å². The van der Waals surface area contributed by atoms with Crippen LogP contribution in [0.1, 0.15) is 27.7 Å². The topological polar surface area (TPSA) is 59.8 Å². The molecule has 2 aromatic heterocycles. The number of aromatic nitrogens is 3. The zero-order valence-electron chi connectivity index (χ0n) is 15.0. The summed E-state index contributed by atoms with van der Waals surface area (Å²) in [6.45, 7) is 0. The van der Waals surface area contributed by atoms with E-state index in [1.165, 1.54) is 11.3 Å². The lowest BCUT2D eigenvalue weighted by molar-refractivity contribution is 0.0938. The van der Waals surface area contributed by atoms with E-state index in [2.05, 4.69) is 15.4 Å². The lowest BCUT2D eigenvalue weighted by Crippen LogP contribution is -2.29. The van der Waals surface area contributed by atoms with Gasteiger partial charge in [-0.1, -0.05) is 54.1 Å². The Morgan fingerprint density at radius 1 is 1.14 bits per heavy atom. The number of hydrogen-bond donors (Lipinski definition) is 1. The van der Waals surface area contributed by atoms with Crippen LogP contribution in [0.5, 0.6) is 0 Å². The third-order valence-corrected chi connectivity index (χ3v) is 5.41. The van der Waals surface area contributed by atoms with Crippen molar-refractivity contribution in [2.75, 3.05) is 0 Å². The first-order valence-corrected chi connectivity index (χ1v) is 9.92. The number of thiazole rings is 1. The third-order valence-electron chi connectivity index (χ3n) is 4.28. The molecule has 2 aromatic carbocycles. The first-order chi connectivity index (χ1) is 13.6. The van der Waals surface area contributed by atoms with Gasteiger partial charge < -0.3 is 5.32 Å². The standard InChI is InChI=1S/C21H17ClN4OS/c1-26-12-16(11-23-26)21-24-18(13-28-21)20(27)25-19(14-6-3-2-4-7-14)15-8-5-9-17(22)10-15/h2-13,19H,1H3,(H,25,27). The highest BCUT2D eigenvalue weighted by Gasteiger charge is 2.20. The molecule has 0 aliphatic carbocycles. The number of aryl methyl sites for hydroxylation is 1. The molecule has 0 saturated carbocycles. The lowest BCUT2D eigenvalue weighted by Gasteiger charge is -2.19. The van der Waals surface area contributed by atoms with Crippen molar-refractivity contribution in [3.63, 3.8) is 0 Å². The predicted octanol–water partition coefficient (Wildman–Crippen LogP) is 4.72. The summed E-state index contributed by atoms with van der Waals surface area (Å²) in [4.78, 5) is 17.4. The molecule has 2 heterocycles. The van der Waals surface area contributed by atoms with E-state index < -0.39 is 0 Å². The van der Waals surface area contributed by atoms with E-state index in [0.717, 1.165) is 21.7 Å². The highest BCUT2D eigenvalue weighted by atomic mass is 35.5. The van der Waals surface area contributed by atoms with E-state index in [1.54, 1.807) is 16.3 Å². The fourth-order valence-electron chi connectivity index (χ4n) is 2.94. The number of rotatable bonds is 5. The second-order valence-corrected chi connectivity index (χ2v) is 7.61. The van der Waals surface area contributed by atoms with Crippen LogP contribution in [0.4, 0.5) is 0 Å². The van der Waals surface area contributed by atoms with Crippen molar-refractivity contribution in [2.24, 2.45) is 7.05 Å². The maximum absolute atomic E-state index is 12.9. The summed E-state index contributed by atoms with van der Waals surface area (Å²) in [6.07, 6.45) is 3.61. The van der Waals surface area contributed by atoms with Gasteiger partial charge in [0.15, 0.2) is 0 Å². The smallest absolute Gasteiger partial charge is 0.271 e. The van der Waals surface area contributed by atoms with Gasteiger partial charge in [-0.25, -0.2) is 4.98 Å². The molecule has 0 radical (unpaired) electrons. The van der Waals surface area contributed by atoms with Crippen molar-refractivity contribution in [3.8, 4) is 10.6 Å². The molecule has 0 fully saturated rings. The largest absolute Gasteiger partial charge is 0.340 e. The highest BCUT2D eigenvalue weighted by molar-refractivity contribution is 7.13. The average Bonchev–Trinajstić information content (AvgIpc) is 3.36. The van der Waals surface area contributed by atoms with E-state index in [1.807, 2.05) is 67.8 Å². The SMILES string of the molecule is Cn1cc(-c2nc(C(=O)NC(c3ccccc3)c3cccc(Cl)c3)cs2)cn1. The normalized spacial score (nSPS) is 11.9. The van der Waals surface area contributed by atoms with Crippen molar-refractivity contribution < 1.29 is 4.79 Å².